The number of rotatable bonds is 1. The molecular weight excluding hydrogens is 719 g/mol. The first-order valence-corrected chi connectivity index (χ1v) is 13.6. The molecule has 6 N–H and O–H groups in total. The van der Waals surface area contributed by atoms with Gasteiger partial charge in [0, 0.05) is 31.0 Å². The Hall–Kier alpha value is -0.310. The lowest BCUT2D eigenvalue weighted by atomic mass is 10.3. The smallest absolute Gasteiger partial charge is 0.497 e. The largest absolute Gasteiger partial charge is 0.743 e. The Bertz CT molecular complexity index is 584. The Morgan fingerprint density at radius 3 is 0.848 bits per heavy atom. The van der Waals surface area contributed by atoms with Gasteiger partial charge in [0.1, 0.15) is 5.75 Å². The van der Waals surface area contributed by atoms with Gasteiger partial charge in [0.2, 0.25) is 0 Å². The summed E-state index contributed by atoms with van der Waals surface area (Å²) in [5, 5.41) is 0. The first-order valence-electron chi connectivity index (χ1n) is 5.93. The van der Waals surface area contributed by atoms with Gasteiger partial charge >= 0.3 is 50.0 Å². The third-order valence-electron chi connectivity index (χ3n) is 1.05. The number of ether oxygens (including phenoxy) is 1. The Balaban J connectivity index is -0.0000000672. The number of benzene rings is 1. The molecule has 0 saturated carbocycles. The summed E-state index contributed by atoms with van der Waals surface area (Å²) < 4.78 is 117. The molecule has 0 aliphatic heterocycles. The summed E-state index contributed by atoms with van der Waals surface area (Å²) in [5.41, 5.74) is 0. The molecule has 0 amide bonds. The predicted octanol–water partition coefficient (Wildman–Crippen LogP) is 5.93. The maximum absolute atomic E-state index is 10.1. The average Bonchev–Trinajstić information content (AvgIpc) is 2.52. The van der Waals surface area contributed by atoms with Crippen LogP contribution in [-0.2, 0) is 27.4 Å². The van der Waals surface area contributed by atoms with Crippen LogP contribution >= 0.6 is 72.6 Å². The molecule has 1 aromatic carbocycles. The van der Waals surface area contributed by atoms with Crippen molar-refractivity contribution < 1.29 is 86.7 Å². The summed E-state index contributed by atoms with van der Waals surface area (Å²) >= 11 is 2.26. The fraction of sp³-hybridized carbons (Fsp3) is 0.143. The van der Waals surface area contributed by atoms with E-state index in [9.17, 15) is 25.2 Å². The van der Waals surface area contributed by atoms with E-state index in [0.29, 0.717) is 0 Å². The maximum atomic E-state index is 10.1. The van der Waals surface area contributed by atoms with E-state index in [1.807, 2.05) is 24.3 Å². The lowest BCUT2D eigenvalue weighted by Gasteiger charge is -1.96. The Morgan fingerprint density at radius 1 is 0.576 bits per heavy atom. The summed E-state index contributed by atoms with van der Waals surface area (Å²) in [7, 11) is -18.6. The van der Waals surface area contributed by atoms with Gasteiger partial charge in [-0.05, 0) is 46.9 Å². The number of hydrogen-bond donors (Lipinski definition) is 6. The highest BCUT2D eigenvalue weighted by atomic mass is 127. The molecule has 33 heavy (non-hydrogen) atoms. The standard InChI is InChI=1S/C7H7IO.6FO2P/c1-9-7-4-2-6(8)3-5-7;6*1-4(2)3/h2-5H,1H3;;;;;;/p+6. The average molecular weight is 732 g/mol. The van der Waals surface area contributed by atoms with Crippen LogP contribution in [0.4, 0.5) is 25.2 Å². The Morgan fingerprint density at radius 2 is 0.727 bits per heavy atom. The van der Waals surface area contributed by atoms with Gasteiger partial charge in [-0.1, -0.05) is 0 Å². The SMILES string of the molecule is COc1ccc(I)cc1.O=[P+](O)F.O=[P+](O)F.O=[P+](O)F.O=[P+](O)F.O=[P+](O)F.O=[P+](O)F. The molecule has 6 atom stereocenters. The molecule has 0 bridgehead atoms. The topological polar surface area (TPSA) is 233 Å². The van der Waals surface area contributed by atoms with Crippen molar-refractivity contribution in [2.24, 2.45) is 0 Å². The molecule has 0 radical (unpaired) electrons. The van der Waals surface area contributed by atoms with Gasteiger partial charge in [0.15, 0.2) is 0 Å². The normalized spacial score (nSPS) is 10.5. The van der Waals surface area contributed by atoms with Crippen LogP contribution in [0.5, 0.6) is 5.75 Å². The van der Waals surface area contributed by atoms with Gasteiger partial charge in [0.25, 0.3) is 0 Å². The molecule has 0 aliphatic carbocycles. The van der Waals surface area contributed by atoms with E-state index in [0.717, 1.165) is 5.75 Å². The van der Waals surface area contributed by atoms with Gasteiger partial charge in [-0.2, -0.15) is 0 Å². The van der Waals surface area contributed by atoms with Crippen LogP contribution in [0.3, 0.4) is 0 Å². The summed E-state index contributed by atoms with van der Waals surface area (Å²) in [4.78, 5) is 41.4. The lowest BCUT2D eigenvalue weighted by molar-refractivity contribution is 0.414. The monoisotopic (exact) mass is 732 g/mol. The molecule has 0 spiro atoms. The quantitative estimate of drug-likeness (QED) is 0.112. The minimum Gasteiger partial charge on any atom is -0.497 e. The first-order chi connectivity index (χ1) is 14.7. The van der Waals surface area contributed by atoms with Crippen molar-refractivity contribution in [2.45, 2.75) is 0 Å². The molecule has 1 aromatic rings. The van der Waals surface area contributed by atoms with Crippen molar-refractivity contribution in [2.75, 3.05) is 7.11 Å². The molecule has 0 aromatic heterocycles. The summed E-state index contributed by atoms with van der Waals surface area (Å²) in [6, 6.07) is 7.92. The van der Waals surface area contributed by atoms with Crippen molar-refractivity contribution in [1.29, 1.82) is 0 Å². The summed E-state index contributed by atoms with van der Waals surface area (Å²) in [6.07, 6.45) is 0. The fourth-order valence-corrected chi connectivity index (χ4v) is 0.930. The summed E-state index contributed by atoms with van der Waals surface area (Å²) in [5.74, 6) is 0.912. The third kappa shape index (κ3) is 204. The predicted molar refractivity (Wildman–Crippen MR) is 111 cm³/mol. The number of hydrogen-bond acceptors (Lipinski definition) is 7. The van der Waals surface area contributed by atoms with Crippen LogP contribution in [-0.4, -0.2) is 36.5 Å². The Labute approximate surface area is 199 Å². The van der Waals surface area contributed by atoms with E-state index in [1.165, 1.54) is 3.57 Å². The molecular formula is C7H13F6IO13P6+6. The van der Waals surface area contributed by atoms with Crippen LogP contribution in [0.1, 0.15) is 0 Å². The number of methoxy groups -OCH3 is 1. The molecule has 13 nitrogen and oxygen atoms in total. The van der Waals surface area contributed by atoms with E-state index in [1.54, 1.807) is 7.11 Å². The second-order valence-electron chi connectivity index (χ2n) is 3.02. The molecule has 26 heteroatoms. The van der Waals surface area contributed by atoms with Gasteiger partial charge < -0.3 is 4.74 Å². The van der Waals surface area contributed by atoms with E-state index in [2.05, 4.69) is 22.6 Å². The lowest BCUT2D eigenvalue weighted by Crippen LogP contribution is -1.80. The first kappa shape index (κ1) is 46.1. The zero-order valence-electron chi connectivity index (χ0n) is 15.2. The fourth-order valence-electron chi connectivity index (χ4n) is 0.571. The maximum Gasteiger partial charge on any atom is 0.743 e. The zero-order valence-corrected chi connectivity index (χ0v) is 22.7. The minimum atomic E-state index is -3.37. The van der Waals surface area contributed by atoms with Crippen LogP contribution in [0.2, 0.25) is 0 Å². The van der Waals surface area contributed by atoms with Crippen molar-refractivity contribution in [1.82, 2.24) is 0 Å². The zero-order chi connectivity index (χ0) is 28.2. The van der Waals surface area contributed by atoms with Crippen LogP contribution in [0.25, 0.3) is 0 Å². The minimum absolute atomic E-state index is 0.912. The van der Waals surface area contributed by atoms with Crippen LogP contribution < -0.4 is 4.74 Å². The van der Waals surface area contributed by atoms with E-state index < -0.39 is 50.0 Å². The molecule has 6 unspecified atom stereocenters. The van der Waals surface area contributed by atoms with Crippen molar-refractivity contribution in [3.05, 3.63) is 27.8 Å². The van der Waals surface area contributed by atoms with Gasteiger partial charge in [-0.25, -0.2) is 0 Å². The molecule has 0 heterocycles. The Kier molecular flexibility index (Phi) is 50.6. The highest BCUT2D eigenvalue weighted by molar-refractivity contribution is 14.1. The second-order valence-corrected chi connectivity index (χ2v) is 6.98. The van der Waals surface area contributed by atoms with Gasteiger partial charge in [-0.3, -0.25) is 0 Å². The molecule has 0 saturated heterocycles. The third-order valence-corrected chi connectivity index (χ3v) is 1.77. The van der Waals surface area contributed by atoms with Crippen LogP contribution in [0.15, 0.2) is 24.3 Å². The molecule has 192 valence electrons. The molecule has 0 aliphatic rings. The van der Waals surface area contributed by atoms with E-state index in [-0.39, 0.29) is 0 Å². The van der Waals surface area contributed by atoms with E-state index in [4.69, 9.17) is 61.5 Å². The summed E-state index contributed by atoms with van der Waals surface area (Å²) in [6.45, 7) is 0. The molecule has 1 rings (SSSR count). The van der Waals surface area contributed by atoms with Gasteiger partial charge in [0.05, 0.1) is 32.3 Å². The van der Waals surface area contributed by atoms with Crippen molar-refractivity contribution in [3.63, 3.8) is 0 Å². The van der Waals surface area contributed by atoms with Crippen LogP contribution in [0, 0.1) is 3.57 Å². The van der Waals surface area contributed by atoms with E-state index >= 15 is 0 Å². The van der Waals surface area contributed by atoms with Crippen molar-refractivity contribution >= 4 is 72.6 Å². The molecule has 0 fully saturated rings. The highest BCUT2D eigenvalue weighted by Gasteiger charge is 2.01. The van der Waals surface area contributed by atoms with Gasteiger partial charge in [-0.15, -0.1) is 29.4 Å². The van der Waals surface area contributed by atoms with Crippen molar-refractivity contribution in [3.8, 4) is 5.75 Å². The highest BCUT2D eigenvalue weighted by Crippen LogP contribution is 2.13. The second kappa shape index (κ2) is 36.3. The number of halogens is 7.